The molecule has 15 heavy (non-hydrogen) atoms. The summed E-state index contributed by atoms with van der Waals surface area (Å²) in [5.41, 5.74) is -0.0572. The van der Waals surface area contributed by atoms with Crippen LogP contribution in [0.15, 0.2) is 27.4 Å². The number of carboxylic acids is 1. The fourth-order valence-electron chi connectivity index (χ4n) is 1.19. The Labute approximate surface area is 86.6 Å². The van der Waals surface area contributed by atoms with E-state index in [4.69, 9.17) is 9.52 Å². The molecule has 0 saturated carbocycles. The molecule has 1 aromatic heterocycles. The summed E-state index contributed by atoms with van der Waals surface area (Å²) >= 11 is 0.828. The van der Waals surface area contributed by atoms with E-state index in [9.17, 15) is 14.4 Å². The molecule has 0 aliphatic heterocycles. The van der Waals surface area contributed by atoms with Crippen molar-refractivity contribution in [2.24, 2.45) is 0 Å². The number of aliphatic carboxylic acids is 1. The minimum Gasteiger partial charge on any atom is -0.475 e. The molecule has 0 amide bonds. The topological polar surface area (TPSA) is 84.6 Å². The number of Topliss-reactive ketones (excluding diaryl/α,β-unsaturated/α-hetero) is 1. The lowest BCUT2D eigenvalue weighted by molar-refractivity contribution is -0.131. The standard InChI is InChI=1S/C9H4O5S/c10-6(8(11)12)4-2-1-3-5-7(4)14-9(13)15-5/h1-3H,(H,11,12). The molecule has 2 rings (SSSR count). The number of carbonyl (C=O) groups is 2. The molecule has 0 fully saturated rings. The van der Waals surface area contributed by atoms with E-state index in [1.807, 2.05) is 0 Å². The first-order valence-electron chi connectivity index (χ1n) is 3.90. The van der Waals surface area contributed by atoms with Gasteiger partial charge in [-0.05, 0) is 12.1 Å². The van der Waals surface area contributed by atoms with E-state index >= 15 is 0 Å². The van der Waals surface area contributed by atoms with Gasteiger partial charge in [-0.2, -0.15) is 0 Å². The van der Waals surface area contributed by atoms with Crippen LogP contribution in [-0.4, -0.2) is 16.9 Å². The molecule has 1 N–H and O–H groups in total. The second-order valence-corrected chi connectivity index (χ2v) is 3.70. The van der Waals surface area contributed by atoms with Crippen molar-refractivity contribution < 1.29 is 19.1 Å². The number of carbonyl (C=O) groups excluding carboxylic acids is 1. The molecule has 1 aromatic carbocycles. The molecule has 0 bridgehead atoms. The van der Waals surface area contributed by atoms with E-state index in [1.165, 1.54) is 12.1 Å². The highest BCUT2D eigenvalue weighted by atomic mass is 32.1. The zero-order chi connectivity index (χ0) is 11.0. The number of hydrogen-bond donors (Lipinski definition) is 1. The minimum absolute atomic E-state index is 0.0416. The van der Waals surface area contributed by atoms with Gasteiger partial charge in [0, 0.05) is 0 Å². The van der Waals surface area contributed by atoms with Gasteiger partial charge in [-0.3, -0.25) is 4.79 Å². The van der Waals surface area contributed by atoms with Crippen LogP contribution in [0, 0.1) is 0 Å². The summed E-state index contributed by atoms with van der Waals surface area (Å²) in [6.45, 7) is 0. The zero-order valence-electron chi connectivity index (χ0n) is 7.22. The number of carboxylic acid groups (broad SMARTS) is 1. The van der Waals surface area contributed by atoms with Crippen LogP contribution >= 0.6 is 11.3 Å². The summed E-state index contributed by atoms with van der Waals surface area (Å²) < 4.78 is 5.21. The first-order chi connectivity index (χ1) is 7.09. The van der Waals surface area contributed by atoms with Gasteiger partial charge in [0.25, 0.3) is 5.78 Å². The Bertz CT molecular complexity index is 606. The molecular weight excluding hydrogens is 220 g/mol. The molecule has 0 saturated heterocycles. The molecule has 5 nitrogen and oxygen atoms in total. The van der Waals surface area contributed by atoms with Crippen LogP contribution in [0.3, 0.4) is 0 Å². The Morgan fingerprint density at radius 3 is 2.73 bits per heavy atom. The molecule has 0 unspecified atom stereocenters. The lowest BCUT2D eigenvalue weighted by atomic mass is 10.1. The van der Waals surface area contributed by atoms with E-state index in [0.717, 1.165) is 11.3 Å². The number of hydrogen-bond acceptors (Lipinski definition) is 5. The first kappa shape index (κ1) is 9.60. The lowest BCUT2D eigenvalue weighted by Crippen LogP contribution is -2.12. The second kappa shape index (κ2) is 3.32. The number of para-hydroxylation sites is 1. The van der Waals surface area contributed by atoms with Gasteiger partial charge in [0.1, 0.15) is 0 Å². The molecule has 0 atom stereocenters. The van der Waals surface area contributed by atoms with Crippen LogP contribution in [0.25, 0.3) is 10.3 Å². The normalized spacial score (nSPS) is 10.4. The number of rotatable bonds is 2. The van der Waals surface area contributed by atoms with Gasteiger partial charge >= 0.3 is 10.9 Å². The van der Waals surface area contributed by atoms with E-state index in [-0.39, 0.29) is 11.1 Å². The van der Waals surface area contributed by atoms with Gasteiger partial charge in [0.15, 0.2) is 5.58 Å². The maximum atomic E-state index is 11.2. The Hall–Kier alpha value is -1.95. The van der Waals surface area contributed by atoms with Crippen molar-refractivity contribution in [3.05, 3.63) is 33.5 Å². The number of ketones is 1. The van der Waals surface area contributed by atoms with E-state index in [1.54, 1.807) is 6.07 Å². The molecule has 1 heterocycles. The van der Waals surface area contributed by atoms with Crippen molar-refractivity contribution in [3.63, 3.8) is 0 Å². The summed E-state index contributed by atoms with van der Waals surface area (Å²) in [5, 5.41) is 8.54. The molecule has 6 heteroatoms. The molecule has 0 radical (unpaired) electrons. The number of benzene rings is 1. The van der Waals surface area contributed by atoms with Crippen molar-refractivity contribution in [1.82, 2.24) is 0 Å². The van der Waals surface area contributed by atoms with Crippen molar-refractivity contribution in [1.29, 1.82) is 0 Å². The van der Waals surface area contributed by atoms with Gasteiger partial charge in [-0.25, -0.2) is 9.59 Å². The van der Waals surface area contributed by atoms with Gasteiger partial charge < -0.3 is 9.52 Å². The van der Waals surface area contributed by atoms with Gasteiger partial charge in [-0.15, -0.1) is 0 Å². The minimum atomic E-state index is -1.57. The van der Waals surface area contributed by atoms with Gasteiger partial charge in [0.2, 0.25) is 0 Å². The Kier molecular flexibility index (Phi) is 2.12. The maximum absolute atomic E-state index is 11.2. The van der Waals surface area contributed by atoms with Crippen molar-refractivity contribution >= 4 is 33.4 Å². The Morgan fingerprint density at radius 1 is 1.33 bits per heavy atom. The van der Waals surface area contributed by atoms with Gasteiger partial charge in [-0.1, -0.05) is 17.4 Å². The highest BCUT2D eigenvalue weighted by Crippen LogP contribution is 2.21. The van der Waals surface area contributed by atoms with Crippen LogP contribution in [0.4, 0.5) is 0 Å². The highest BCUT2D eigenvalue weighted by molar-refractivity contribution is 7.16. The predicted molar refractivity (Wildman–Crippen MR) is 52.3 cm³/mol. The molecule has 2 aromatic rings. The van der Waals surface area contributed by atoms with Crippen LogP contribution in [0.5, 0.6) is 0 Å². The SMILES string of the molecule is O=C(O)C(=O)c1cccc2sc(=O)oc12. The predicted octanol–water partition coefficient (Wildman–Crippen LogP) is 1.12. The largest absolute Gasteiger partial charge is 0.475 e. The summed E-state index contributed by atoms with van der Waals surface area (Å²) in [6, 6.07) is 4.40. The molecule has 0 spiro atoms. The first-order valence-corrected chi connectivity index (χ1v) is 4.71. The second-order valence-electron chi connectivity index (χ2n) is 2.72. The lowest BCUT2D eigenvalue weighted by Gasteiger charge is -1.95. The van der Waals surface area contributed by atoms with Gasteiger partial charge in [0.05, 0.1) is 10.3 Å². The summed E-state index contributed by atoms with van der Waals surface area (Å²) in [7, 11) is 0. The summed E-state index contributed by atoms with van der Waals surface area (Å²) in [6.07, 6.45) is 0. The molecule has 76 valence electrons. The zero-order valence-corrected chi connectivity index (χ0v) is 8.04. The smallest absolute Gasteiger partial charge is 0.396 e. The summed E-state index contributed by atoms with van der Waals surface area (Å²) in [5.74, 6) is -2.65. The van der Waals surface area contributed by atoms with Crippen LogP contribution in [0.1, 0.15) is 10.4 Å². The van der Waals surface area contributed by atoms with Crippen molar-refractivity contribution in [3.8, 4) is 0 Å². The maximum Gasteiger partial charge on any atom is 0.396 e. The van der Waals surface area contributed by atoms with Crippen molar-refractivity contribution in [2.75, 3.05) is 0 Å². The fraction of sp³-hybridized carbons (Fsp3) is 0. The molecule has 0 aliphatic carbocycles. The molecular formula is C9H4O5S. The monoisotopic (exact) mass is 224 g/mol. The molecule has 0 aliphatic rings. The average Bonchev–Trinajstić information content (AvgIpc) is 2.56. The van der Waals surface area contributed by atoms with Crippen LogP contribution in [-0.2, 0) is 4.79 Å². The fourth-order valence-corrected chi connectivity index (χ4v) is 1.88. The van der Waals surface area contributed by atoms with Crippen molar-refractivity contribution in [2.45, 2.75) is 0 Å². The third-order valence-electron chi connectivity index (χ3n) is 1.80. The highest BCUT2D eigenvalue weighted by Gasteiger charge is 2.19. The van der Waals surface area contributed by atoms with E-state index in [2.05, 4.69) is 0 Å². The van der Waals surface area contributed by atoms with Crippen LogP contribution < -0.4 is 4.94 Å². The average molecular weight is 224 g/mol. The quantitative estimate of drug-likeness (QED) is 0.610. The summed E-state index contributed by atoms with van der Waals surface area (Å²) in [4.78, 5) is 32.1. The van der Waals surface area contributed by atoms with E-state index < -0.39 is 16.7 Å². The Morgan fingerprint density at radius 2 is 2.07 bits per heavy atom. The third-order valence-corrected chi connectivity index (χ3v) is 2.59. The van der Waals surface area contributed by atoms with E-state index in [0.29, 0.717) is 4.70 Å². The third kappa shape index (κ3) is 1.55. The number of fused-ring (bicyclic) bond motifs is 1. The Balaban J connectivity index is 2.76. The van der Waals surface area contributed by atoms with Crippen LogP contribution in [0.2, 0.25) is 0 Å².